The lowest BCUT2D eigenvalue weighted by atomic mass is 9.94. The summed E-state index contributed by atoms with van der Waals surface area (Å²) in [7, 11) is 1.56. The zero-order chi connectivity index (χ0) is 20.5. The number of carbonyl (C=O) groups excluding carboxylic acids is 1. The van der Waals surface area contributed by atoms with E-state index in [4.69, 9.17) is 4.74 Å². The van der Waals surface area contributed by atoms with Crippen molar-refractivity contribution in [2.24, 2.45) is 11.8 Å². The van der Waals surface area contributed by atoms with Crippen molar-refractivity contribution in [3.63, 3.8) is 0 Å². The van der Waals surface area contributed by atoms with Crippen molar-refractivity contribution in [2.45, 2.75) is 58.9 Å². The smallest absolute Gasteiger partial charge is 0.223 e. The highest BCUT2D eigenvalue weighted by molar-refractivity contribution is 9.10. The molecule has 158 valence electrons. The summed E-state index contributed by atoms with van der Waals surface area (Å²) in [5.41, 5.74) is 1.09. The molecular formula is C22H35BrN2O3. The molecule has 1 aromatic carbocycles. The van der Waals surface area contributed by atoms with Crippen LogP contribution in [0.2, 0.25) is 0 Å². The van der Waals surface area contributed by atoms with Crippen molar-refractivity contribution < 1.29 is 14.6 Å². The topological polar surface area (TPSA) is 61.8 Å². The fourth-order valence-corrected chi connectivity index (χ4v) is 4.31. The van der Waals surface area contributed by atoms with E-state index in [2.05, 4.69) is 40.0 Å². The number of nitrogens with zero attached hydrogens (tertiary/aromatic N) is 1. The Morgan fingerprint density at radius 1 is 1.36 bits per heavy atom. The molecule has 0 aliphatic carbocycles. The summed E-state index contributed by atoms with van der Waals surface area (Å²) in [5.74, 6) is 1.56. The Morgan fingerprint density at radius 2 is 2.07 bits per heavy atom. The zero-order valence-corrected chi connectivity index (χ0v) is 19.1. The van der Waals surface area contributed by atoms with Crippen LogP contribution in [0.25, 0.3) is 0 Å². The van der Waals surface area contributed by atoms with Gasteiger partial charge in [-0.25, -0.2) is 0 Å². The van der Waals surface area contributed by atoms with Gasteiger partial charge < -0.3 is 15.2 Å². The number of unbranched alkanes of at least 4 members (excludes halogenated alkanes) is 1. The third-order valence-electron chi connectivity index (χ3n) is 5.78. The Labute approximate surface area is 178 Å². The molecule has 0 radical (unpaired) electrons. The molecular weight excluding hydrogens is 420 g/mol. The number of hydrogen-bond donors (Lipinski definition) is 2. The lowest BCUT2D eigenvalue weighted by molar-refractivity contribution is -0.126. The lowest BCUT2D eigenvalue weighted by Crippen LogP contribution is -2.41. The van der Waals surface area contributed by atoms with Crippen LogP contribution >= 0.6 is 15.9 Å². The van der Waals surface area contributed by atoms with Gasteiger partial charge in [0.1, 0.15) is 0 Å². The van der Waals surface area contributed by atoms with Crippen molar-refractivity contribution in [3.8, 4) is 11.5 Å². The summed E-state index contributed by atoms with van der Waals surface area (Å²) in [4.78, 5) is 14.9. The first kappa shape index (κ1) is 23.0. The second-order valence-electron chi connectivity index (χ2n) is 7.84. The van der Waals surface area contributed by atoms with Gasteiger partial charge in [0, 0.05) is 19.0 Å². The third kappa shape index (κ3) is 6.66. The lowest BCUT2D eigenvalue weighted by Gasteiger charge is -2.31. The molecule has 6 heteroatoms. The van der Waals surface area contributed by atoms with E-state index in [1.807, 2.05) is 12.1 Å². The Balaban J connectivity index is 1.79. The molecule has 1 amide bonds. The Kier molecular flexibility index (Phi) is 9.59. The van der Waals surface area contributed by atoms with Gasteiger partial charge in [-0.05, 0) is 71.9 Å². The van der Waals surface area contributed by atoms with E-state index in [1.165, 1.54) is 19.3 Å². The van der Waals surface area contributed by atoms with Gasteiger partial charge >= 0.3 is 0 Å². The SMILES string of the molecule is CCCCC(CC)CNC(=O)C1CCN(Cc2cc(Br)c(O)c(OC)c2)CC1. The summed E-state index contributed by atoms with van der Waals surface area (Å²) in [6.07, 6.45) is 6.58. The summed E-state index contributed by atoms with van der Waals surface area (Å²) < 4.78 is 5.88. The van der Waals surface area contributed by atoms with E-state index >= 15 is 0 Å². The standard InChI is InChI=1S/C22H35BrN2O3/c1-4-6-7-16(5-2)14-24-22(27)18-8-10-25(11-9-18)15-17-12-19(23)21(26)20(13-17)28-3/h12-13,16,18,26H,4-11,14-15H2,1-3H3,(H,24,27). The van der Waals surface area contributed by atoms with Crippen molar-refractivity contribution in [1.29, 1.82) is 0 Å². The zero-order valence-electron chi connectivity index (χ0n) is 17.5. The number of phenols is 1. The average molecular weight is 455 g/mol. The Morgan fingerprint density at radius 3 is 2.68 bits per heavy atom. The van der Waals surface area contributed by atoms with Crippen LogP contribution in [-0.4, -0.2) is 42.7 Å². The van der Waals surface area contributed by atoms with Gasteiger partial charge in [0.05, 0.1) is 11.6 Å². The van der Waals surface area contributed by atoms with E-state index in [-0.39, 0.29) is 17.6 Å². The minimum Gasteiger partial charge on any atom is -0.503 e. The molecule has 0 spiro atoms. The quantitative estimate of drug-likeness (QED) is 0.537. The number of nitrogens with one attached hydrogen (secondary N) is 1. The third-order valence-corrected chi connectivity index (χ3v) is 6.39. The van der Waals surface area contributed by atoms with Crippen LogP contribution in [0.5, 0.6) is 11.5 Å². The van der Waals surface area contributed by atoms with Gasteiger partial charge in [0.25, 0.3) is 0 Å². The minimum atomic E-state index is 0.126. The van der Waals surface area contributed by atoms with Crippen LogP contribution in [0.3, 0.4) is 0 Å². The molecule has 1 unspecified atom stereocenters. The van der Waals surface area contributed by atoms with E-state index < -0.39 is 0 Å². The molecule has 1 heterocycles. The molecule has 0 bridgehead atoms. The first-order valence-corrected chi connectivity index (χ1v) is 11.3. The molecule has 1 aliphatic rings. The second kappa shape index (κ2) is 11.7. The van der Waals surface area contributed by atoms with Gasteiger partial charge in [-0.3, -0.25) is 9.69 Å². The number of phenolic OH excluding ortho intramolecular Hbond substituents is 1. The number of amides is 1. The Bertz CT molecular complexity index is 630. The van der Waals surface area contributed by atoms with Crippen LogP contribution in [0, 0.1) is 11.8 Å². The van der Waals surface area contributed by atoms with E-state index in [0.29, 0.717) is 16.1 Å². The van der Waals surface area contributed by atoms with E-state index in [9.17, 15) is 9.90 Å². The maximum Gasteiger partial charge on any atom is 0.223 e. The van der Waals surface area contributed by atoms with Crippen molar-refractivity contribution in [1.82, 2.24) is 10.2 Å². The predicted octanol–water partition coefficient (Wildman–Crippen LogP) is 4.71. The summed E-state index contributed by atoms with van der Waals surface area (Å²) in [5, 5.41) is 13.1. The van der Waals surface area contributed by atoms with E-state index in [0.717, 1.165) is 51.0 Å². The second-order valence-corrected chi connectivity index (χ2v) is 8.69. The number of ether oxygens (including phenoxy) is 1. The number of piperidine rings is 1. The molecule has 5 nitrogen and oxygen atoms in total. The largest absolute Gasteiger partial charge is 0.503 e. The molecule has 0 saturated carbocycles. The molecule has 1 saturated heterocycles. The van der Waals surface area contributed by atoms with Crippen LogP contribution in [0.4, 0.5) is 0 Å². The van der Waals surface area contributed by atoms with Crippen molar-refractivity contribution in [2.75, 3.05) is 26.7 Å². The highest BCUT2D eigenvalue weighted by atomic mass is 79.9. The van der Waals surface area contributed by atoms with E-state index in [1.54, 1.807) is 7.11 Å². The molecule has 1 atom stereocenters. The first-order valence-electron chi connectivity index (χ1n) is 10.5. The molecule has 1 fully saturated rings. The predicted molar refractivity (Wildman–Crippen MR) is 117 cm³/mol. The van der Waals surface area contributed by atoms with Gasteiger partial charge in [0.2, 0.25) is 5.91 Å². The summed E-state index contributed by atoms with van der Waals surface area (Å²) in [6, 6.07) is 3.80. The average Bonchev–Trinajstić information content (AvgIpc) is 2.71. The minimum absolute atomic E-state index is 0.126. The van der Waals surface area contributed by atoms with Crippen LogP contribution in [0.15, 0.2) is 16.6 Å². The number of aromatic hydroxyl groups is 1. The van der Waals surface area contributed by atoms with Crippen molar-refractivity contribution in [3.05, 3.63) is 22.2 Å². The van der Waals surface area contributed by atoms with Crippen LogP contribution < -0.4 is 10.1 Å². The highest BCUT2D eigenvalue weighted by Crippen LogP contribution is 2.35. The first-order chi connectivity index (χ1) is 13.5. The molecule has 28 heavy (non-hydrogen) atoms. The normalized spacial score (nSPS) is 16.7. The van der Waals surface area contributed by atoms with Gasteiger partial charge in [-0.2, -0.15) is 0 Å². The molecule has 1 aliphatic heterocycles. The number of rotatable bonds is 10. The molecule has 2 rings (SSSR count). The molecule has 1 aromatic rings. The van der Waals surface area contributed by atoms with Gasteiger partial charge in [-0.15, -0.1) is 0 Å². The molecule has 0 aromatic heterocycles. The highest BCUT2D eigenvalue weighted by Gasteiger charge is 2.25. The monoisotopic (exact) mass is 454 g/mol. The summed E-state index contributed by atoms with van der Waals surface area (Å²) in [6.45, 7) is 7.85. The number of methoxy groups -OCH3 is 1. The fraction of sp³-hybridized carbons (Fsp3) is 0.682. The van der Waals surface area contributed by atoms with Crippen molar-refractivity contribution >= 4 is 21.8 Å². The number of benzene rings is 1. The fourth-order valence-electron chi connectivity index (χ4n) is 3.82. The van der Waals surface area contributed by atoms with Gasteiger partial charge in [0.15, 0.2) is 11.5 Å². The maximum absolute atomic E-state index is 12.5. The van der Waals surface area contributed by atoms with Crippen LogP contribution in [-0.2, 0) is 11.3 Å². The number of hydrogen-bond acceptors (Lipinski definition) is 4. The maximum atomic E-state index is 12.5. The molecule has 2 N–H and O–H groups in total. The summed E-state index contributed by atoms with van der Waals surface area (Å²) >= 11 is 3.38. The number of likely N-dealkylation sites (tertiary alicyclic amines) is 1. The number of halogens is 1. The van der Waals surface area contributed by atoms with Crippen LogP contribution in [0.1, 0.15) is 57.9 Å². The Hall–Kier alpha value is -1.27. The van der Waals surface area contributed by atoms with Gasteiger partial charge in [-0.1, -0.05) is 33.1 Å². The number of carbonyl (C=O) groups is 1.